The van der Waals surface area contributed by atoms with E-state index in [4.69, 9.17) is 5.11 Å². The summed E-state index contributed by atoms with van der Waals surface area (Å²) in [6.07, 6.45) is 1.27. The largest absolute Gasteiger partial charge is 0.342 e. The summed E-state index contributed by atoms with van der Waals surface area (Å²) in [5.74, 6) is 0. The normalized spacial score (nSPS) is 9.82. The number of hydrogen-bond acceptors (Lipinski definition) is 2. The molecule has 0 amide bonds. The van der Waals surface area contributed by atoms with E-state index in [9.17, 15) is 8.78 Å². The molecule has 0 aliphatic heterocycles. The Morgan fingerprint density at radius 1 is 1.36 bits per heavy atom. The Kier molecular flexibility index (Phi) is 11.9. The van der Waals surface area contributed by atoms with Gasteiger partial charge in [0.15, 0.2) is 0 Å². The zero-order valence-electron chi connectivity index (χ0n) is 7.35. The van der Waals surface area contributed by atoms with Crippen molar-refractivity contribution in [3.05, 3.63) is 0 Å². The van der Waals surface area contributed by atoms with Crippen molar-refractivity contribution in [2.24, 2.45) is 0 Å². The average Bonchev–Trinajstić information content (AvgIpc) is 1.87. The van der Waals surface area contributed by atoms with E-state index in [0.717, 1.165) is 0 Å². The standard InChI is InChI=1S/C6H15N.CH2F2O/c1-4-6-7(3)5-2;2-1(3)4/h4-6H2,1-3H3;1,4H. The molecule has 0 heterocycles. The van der Waals surface area contributed by atoms with Crippen molar-refractivity contribution in [2.45, 2.75) is 26.9 Å². The van der Waals surface area contributed by atoms with Gasteiger partial charge in [0.05, 0.1) is 0 Å². The Balaban J connectivity index is 0. The third-order valence-electron chi connectivity index (χ3n) is 1.15. The van der Waals surface area contributed by atoms with Gasteiger partial charge in [-0.25, -0.2) is 0 Å². The van der Waals surface area contributed by atoms with Crippen LogP contribution in [0.5, 0.6) is 0 Å². The fourth-order valence-corrected chi connectivity index (χ4v) is 0.540. The van der Waals surface area contributed by atoms with Gasteiger partial charge in [0.25, 0.3) is 0 Å². The van der Waals surface area contributed by atoms with Crippen molar-refractivity contribution in [3.8, 4) is 0 Å². The minimum absolute atomic E-state index is 1.17. The minimum Gasteiger partial charge on any atom is -0.339 e. The molecule has 0 saturated heterocycles. The Morgan fingerprint density at radius 3 is 1.82 bits per heavy atom. The van der Waals surface area contributed by atoms with Gasteiger partial charge in [0, 0.05) is 0 Å². The van der Waals surface area contributed by atoms with Crippen LogP contribution < -0.4 is 0 Å². The van der Waals surface area contributed by atoms with E-state index >= 15 is 0 Å². The summed E-state index contributed by atoms with van der Waals surface area (Å²) >= 11 is 0. The van der Waals surface area contributed by atoms with Crippen LogP contribution in [0, 0.1) is 0 Å². The zero-order valence-corrected chi connectivity index (χ0v) is 7.35. The van der Waals surface area contributed by atoms with Crippen LogP contribution in [-0.2, 0) is 0 Å². The molecule has 0 aromatic heterocycles. The molecule has 2 nitrogen and oxygen atoms in total. The van der Waals surface area contributed by atoms with Gasteiger partial charge in [-0.2, -0.15) is 8.78 Å². The predicted molar refractivity (Wildman–Crippen MR) is 41.7 cm³/mol. The van der Waals surface area contributed by atoms with Gasteiger partial charge in [0.2, 0.25) is 0 Å². The summed E-state index contributed by atoms with van der Waals surface area (Å²) in [5.41, 5.74) is 0. The van der Waals surface area contributed by atoms with E-state index < -0.39 is 6.61 Å². The lowest BCUT2D eigenvalue weighted by Gasteiger charge is -2.10. The first-order valence-electron chi connectivity index (χ1n) is 3.69. The molecular formula is C7H17F2NO. The number of aliphatic hydroxyl groups is 1. The van der Waals surface area contributed by atoms with Crippen molar-refractivity contribution in [3.63, 3.8) is 0 Å². The van der Waals surface area contributed by atoms with Crippen LogP contribution in [-0.4, -0.2) is 36.8 Å². The number of nitrogens with zero attached hydrogens (tertiary/aromatic N) is 1. The molecule has 0 bridgehead atoms. The van der Waals surface area contributed by atoms with Crippen LogP contribution in [0.3, 0.4) is 0 Å². The number of hydrogen-bond donors (Lipinski definition) is 1. The highest BCUT2D eigenvalue weighted by Crippen LogP contribution is 1.82. The highest BCUT2D eigenvalue weighted by atomic mass is 19.3. The SMILES string of the molecule is CCCN(C)CC.OC(F)F. The van der Waals surface area contributed by atoms with Gasteiger partial charge < -0.3 is 10.0 Å². The van der Waals surface area contributed by atoms with Gasteiger partial charge in [-0.05, 0) is 26.6 Å². The number of rotatable bonds is 3. The summed E-state index contributed by atoms with van der Waals surface area (Å²) < 4.78 is 19.8. The third-order valence-corrected chi connectivity index (χ3v) is 1.15. The van der Waals surface area contributed by atoms with Crippen molar-refractivity contribution in [1.82, 2.24) is 4.90 Å². The lowest BCUT2D eigenvalue weighted by molar-refractivity contribution is -0.0728. The second-order valence-electron chi connectivity index (χ2n) is 2.17. The van der Waals surface area contributed by atoms with E-state index in [0.29, 0.717) is 0 Å². The van der Waals surface area contributed by atoms with Gasteiger partial charge >= 0.3 is 6.61 Å². The van der Waals surface area contributed by atoms with Crippen LogP contribution in [0.25, 0.3) is 0 Å². The van der Waals surface area contributed by atoms with Crippen LogP contribution in [0.4, 0.5) is 8.78 Å². The second-order valence-corrected chi connectivity index (χ2v) is 2.17. The maximum atomic E-state index is 9.89. The fourth-order valence-electron chi connectivity index (χ4n) is 0.540. The summed E-state index contributed by atoms with van der Waals surface area (Å²) in [4.78, 5) is 2.31. The first kappa shape index (κ1) is 13.4. The van der Waals surface area contributed by atoms with Crippen molar-refractivity contribution in [2.75, 3.05) is 20.1 Å². The highest BCUT2D eigenvalue weighted by Gasteiger charge is 1.86. The lowest BCUT2D eigenvalue weighted by atomic mass is 10.4. The van der Waals surface area contributed by atoms with Crippen LogP contribution in [0.1, 0.15) is 20.3 Å². The summed E-state index contributed by atoms with van der Waals surface area (Å²) in [5, 5.41) is 6.72. The molecule has 0 rings (SSSR count). The predicted octanol–water partition coefficient (Wildman–Crippen LogP) is 1.55. The third kappa shape index (κ3) is 25.9. The monoisotopic (exact) mass is 169 g/mol. The summed E-state index contributed by atoms with van der Waals surface area (Å²) in [7, 11) is 2.14. The Hall–Kier alpha value is -0.220. The molecule has 0 spiro atoms. The summed E-state index contributed by atoms with van der Waals surface area (Å²) in [6.45, 7) is 3.62. The highest BCUT2D eigenvalue weighted by molar-refractivity contribution is 4.41. The Bertz CT molecular complexity index is 68.7. The Morgan fingerprint density at radius 2 is 1.73 bits per heavy atom. The molecule has 0 fully saturated rings. The van der Waals surface area contributed by atoms with E-state index in [2.05, 4.69) is 25.8 Å². The molecular weight excluding hydrogens is 152 g/mol. The molecule has 0 aromatic carbocycles. The smallest absolute Gasteiger partial charge is 0.339 e. The fraction of sp³-hybridized carbons (Fsp3) is 1.00. The van der Waals surface area contributed by atoms with E-state index in [1.165, 1.54) is 19.5 Å². The molecule has 0 aliphatic rings. The van der Waals surface area contributed by atoms with Gasteiger partial charge in [-0.15, -0.1) is 0 Å². The zero-order chi connectivity index (χ0) is 9.28. The maximum absolute atomic E-state index is 9.89. The number of alkyl halides is 2. The lowest BCUT2D eigenvalue weighted by Crippen LogP contribution is -2.17. The van der Waals surface area contributed by atoms with E-state index in [1.807, 2.05) is 0 Å². The second kappa shape index (κ2) is 9.78. The number of halogens is 2. The van der Waals surface area contributed by atoms with Crippen LogP contribution in [0.15, 0.2) is 0 Å². The molecule has 0 atom stereocenters. The summed E-state index contributed by atoms with van der Waals surface area (Å²) in [6, 6.07) is 0. The van der Waals surface area contributed by atoms with Crippen LogP contribution in [0.2, 0.25) is 0 Å². The molecule has 0 aromatic rings. The van der Waals surface area contributed by atoms with E-state index in [1.54, 1.807) is 0 Å². The Labute approximate surface area is 66.8 Å². The average molecular weight is 169 g/mol. The topological polar surface area (TPSA) is 23.5 Å². The molecule has 0 radical (unpaired) electrons. The molecule has 4 heteroatoms. The maximum Gasteiger partial charge on any atom is 0.342 e. The van der Waals surface area contributed by atoms with E-state index in [-0.39, 0.29) is 0 Å². The van der Waals surface area contributed by atoms with Crippen molar-refractivity contribution < 1.29 is 13.9 Å². The minimum atomic E-state index is -3.17. The molecule has 0 saturated carbocycles. The first-order valence-corrected chi connectivity index (χ1v) is 3.69. The van der Waals surface area contributed by atoms with Crippen molar-refractivity contribution >= 4 is 0 Å². The van der Waals surface area contributed by atoms with Gasteiger partial charge in [-0.1, -0.05) is 13.8 Å². The van der Waals surface area contributed by atoms with Gasteiger partial charge in [0.1, 0.15) is 0 Å². The molecule has 1 N–H and O–H groups in total. The number of aliphatic hydroxyl groups excluding tert-OH is 1. The first-order chi connectivity index (χ1) is 5.04. The quantitative estimate of drug-likeness (QED) is 0.693. The molecule has 0 unspecified atom stereocenters. The molecule has 0 aliphatic carbocycles. The van der Waals surface area contributed by atoms with Crippen molar-refractivity contribution in [1.29, 1.82) is 0 Å². The van der Waals surface area contributed by atoms with Crippen LogP contribution >= 0.6 is 0 Å². The van der Waals surface area contributed by atoms with Gasteiger partial charge in [-0.3, -0.25) is 0 Å². The molecule has 11 heavy (non-hydrogen) atoms. The molecule has 70 valence electrons.